The normalized spacial score (nSPS) is 23.4. The average Bonchev–Trinajstić information content (AvgIpc) is 2.38. The van der Waals surface area contributed by atoms with Crippen LogP contribution >= 0.6 is 0 Å². The van der Waals surface area contributed by atoms with E-state index in [4.69, 9.17) is 5.11 Å². The predicted octanol–water partition coefficient (Wildman–Crippen LogP) is 1.48. The highest BCUT2D eigenvalue weighted by Crippen LogP contribution is 2.21. The summed E-state index contributed by atoms with van der Waals surface area (Å²) in [6.07, 6.45) is 3.10. The lowest BCUT2D eigenvalue weighted by Gasteiger charge is -2.35. The summed E-state index contributed by atoms with van der Waals surface area (Å²) < 4.78 is 0. The molecule has 0 aromatic rings. The van der Waals surface area contributed by atoms with E-state index in [9.17, 15) is 9.59 Å². The van der Waals surface area contributed by atoms with Crippen molar-refractivity contribution in [1.82, 2.24) is 10.2 Å². The molecule has 2 N–H and O–H groups in total. The van der Waals surface area contributed by atoms with Crippen molar-refractivity contribution in [2.75, 3.05) is 13.1 Å². The lowest BCUT2D eigenvalue weighted by Crippen LogP contribution is -2.52. The zero-order valence-electron chi connectivity index (χ0n) is 12.2. The van der Waals surface area contributed by atoms with Gasteiger partial charge in [0.25, 0.3) is 0 Å². The standard InChI is InChI=1S/C14H26N2O3/c1-4-11-5-7-15-12(9-11)14(19)16(10(2)3)8-6-13(17)18/h10-12,15H,4-9H2,1-3H3,(H,17,18). The van der Waals surface area contributed by atoms with E-state index in [0.29, 0.717) is 12.5 Å². The van der Waals surface area contributed by atoms with Crippen molar-refractivity contribution in [3.63, 3.8) is 0 Å². The van der Waals surface area contributed by atoms with Gasteiger partial charge in [-0.05, 0) is 39.2 Å². The molecule has 0 bridgehead atoms. The van der Waals surface area contributed by atoms with Crippen molar-refractivity contribution < 1.29 is 14.7 Å². The van der Waals surface area contributed by atoms with E-state index < -0.39 is 5.97 Å². The lowest BCUT2D eigenvalue weighted by molar-refractivity contribution is -0.140. The van der Waals surface area contributed by atoms with Gasteiger partial charge in [-0.2, -0.15) is 0 Å². The molecule has 2 unspecified atom stereocenters. The molecule has 0 aromatic heterocycles. The molecule has 110 valence electrons. The maximum absolute atomic E-state index is 12.5. The second kappa shape index (κ2) is 7.48. The first-order valence-electron chi connectivity index (χ1n) is 7.21. The Morgan fingerprint density at radius 2 is 2.11 bits per heavy atom. The number of nitrogens with zero attached hydrogens (tertiary/aromatic N) is 1. The first-order valence-corrected chi connectivity index (χ1v) is 7.21. The number of nitrogens with one attached hydrogen (secondary N) is 1. The Labute approximate surface area is 115 Å². The topological polar surface area (TPSA) is 69.6 Å². The zero-order chi connectivity index (χ0) is 14.4. The van der Waals surface area contributed by atoms with Gasteiger partial charge in [-0.15, -0.1) is 0 Å². The van der Waals surface area contributed by atoms with Crippen LogP contribution < -0.4 is 5.32 Å². The Kier molecular flexibility index (Phi) is 6.28. The van der Waals surface area contributed by atoms with Crippen molar-refractivity contribution in [3.05, 3.63) is 0 Å². The Hall–Kier alpha value is -1.10. The molecule has 2 atom stereocenters. The zero-order valence-corrected chi connectivity index (χ0v) is 12.2. The van der Waals surface area contributed by atoms with Gasteiger partial charge >= 0.3 is 5.97 Å². The fraction of sp³-hybridized carbons (Fsp3) is 0.857. The minimum absolute atomic E-state index is 0.00778. The second-order valence-electron chi connectivity index (χ2n) is 5.57. The molecule has 5 nitrogen and oxygen atoms in total. The molecule has 0 aliphatic carbocycles. The van der Waals surface area contributed by atoms with Crippen LogP contribution in [0, 0.1) is 5.92 Å². The van der Waals surface area contributed by atoms with Crippen molar-refractivity contribution in [1.29, 1.82) is 0 Å². The summed E-state index contributed by atoms with van der Waals surface area (Å²) >= 11 is 0. The number of hydrogen-bond donors (Lipinski definition) is 2. The van der Waals surface area contributed by atoms with Crippen molar-refractivity contribution in [3.8, 4) is 0 Å². The van der Waals surface area contributed by atoms with E-state index in [1.807, 2.05) is 13.8 Å². The van der Waals surface area contributed by atoms with Gasteiger partial charge < -0.3 is 15.3 Å². The van der Waals surface area contributed by atoms with Gasteiger partial charge in [-0.3, -0.25) is 9.59 Å². The number of hydrogen-bond acceptors (Lipinski definition) is 3. The van der Waals surface area contributed by atoms with Crippen LogP contribution in [0.1, 0.15) is 46.5 Å². The van der Waals surface area contributed by atoms with Gasteiger partial charge in [0.2, 0.25) is 5.91 Å². The number of rotatable bonds is 6. The number of carboxylic acids is 1. The highest BCUT2D eigenvalue weighted by Gasteiger charge is 2.30. The molecule has 1 aliphatic heterocycles. The van der Waals surface area contributed by atoms with Crippen LogP contribution in [-0.2, 0) is 9.59 Å². The van der Waals surface area contributed by atoms with Crippen molar-refractivity contribution >= 4 is 11.9 Å². The number of aliphatic carboxylic acids is 1. The molecule has 1 saturated heterocycles. The van der Waals surface area contributed by atoms with Gasteiger partial charge in [-0.1, -0.05) is 13.3 Å². The monoisotopic (exact) mass is 270 g/mol. The van der Waals surface area contributed by atoms with Gasteiger partial charge in [0.15, 0.2) is 0 Å². The van der Waals surface area contributed by atoms with E-state index >= 15 is 0 Å². The number of carboxylic acid groups (broad SMARTS) is 1. The second-order valence-corrected chi connectivity index (χ2v) is 5.57. The summed E-state index contributed by atoms with van der Waals surface area (Å²) in [5.41, 5.74) is 0. The summed E-state index contributed by atoms with van der Waals surface area (Å²) in [4.78, 5) is 24.8. The third-order valence-corrected chi connectivity index (χ3v) is 3.86. The van der Waals surface area contributed by atoms with Crippen LogP contribution in [0.3, 0.4) is 0 Å². The minimum atomic E-state index is -0.860. The molecule has 1 aliphatic rings. The van der Waals surface area contributed by atoms with E-state index in [0.717, 1.165) is 25.8 Å². The van der Waals surface area contributed by atoms with Crippen LogP contribution in [0.15, 0.2) is 0 Å². The van der Waals surface area contributed by atoms with E-state index in [-0.39, 0.29) is 24.4 Å². The molecule has 0 radical (unpaired) electrons. The number of amides is 1. The van der Waals surface area contributed by atoms with Crippen molar-refractivity contribution in [2.24, 2.45) is 5.92 Å². The Morgan fingerprint density at radius 1 is 1.42 bits per heavy atom. The Bertz CT molecular complexity index is 318. The molecule has 0 aromatic carbocycles. The summed E-state index contributed by atoms with van der Waals surface area (Å²) in [6.45, 7) is 7.18. The maximum atomic E-state index is 12.5. The summed E-state index contributed by atoms with van der Waals surface area (Å²) in [7, 11) is 0. The quantitative estimate of drug-likeness (QED) is 0.767. The summed E-state index contributed by atoms with van der Waals surface area (Å²) in [5.74, 6) is -0.209. The van der Waals surface area contributed by atoms with Gasteiger partial charge in [0, 0.05) is 12.6 Å². The SMILES string of the molecule is CCC1CCNC(C(=O)N(CCC(=O)O)C(C)C)C1. The third kappa shape index (κ3) is 4.82. The molecule has 5 heteroatoms. The van der Waals surface area contributed by atoms with Gasteiger partial charge in [0.05, 0.1) is 12.5 Å². The summed E-state index contributed by atoms with van der Waals surface area (Å²) in [6, 6.07) is -0.106. The Balaban J connectivity index is 2.62. The highest BCUT2D eigenvalue weighted by molar-refractivity contribution is 5.82. The first kappa shape index (κ1) is 16.0. The van der Waals surface area contributed by atoms with Crippen LogP contribution in [0.4, 0.5) is 0 Å². The van der Waals surface area contributed by atoms with E-state index in [1.165, 1.54) is 0 Å². The van der Waals surface area contributed by atoms with Crippen molar-refractivity contribution in [2.45, 2.75) is 58.5 Å². The fourth-order valence-corrected chi connectivity index (χ4v) is 2.59. The molecule has 0 saturated carbocycles. The van der Waals surface area contributed by atoms with Crippen LogP contribution in [0.25, 0.3) is 0 Å². The molecule has 1 amide bonds. The lowest BCUT2D eigenvalue weighted by atomic mass is 9.89. The number of piperidine rings is 1. The molecular weight excluding hydrogens is 244 g/mol. The minimum Gasteiger partial charge on any atom is -0.481 e. The third-order valence-electron chi connectivity index (χ3n) is 3.86. The maximum Gasteiger partial charge on any atom is 0.305 e. The largest absolute Gasteiger partial charge is 0.481 e. The molecular formula is C14H26N2O3. The summed E-state index contributed by atoms with van der Waals surface area (Å²) in [5, 5.41) is 12.0. The van der Waals surface area contributed by atoms with Crippen LogP contribution in [0.5, 0.6) is 0 Å². The smallest absolute Gasteiger partial charge is 0.305 e. The first-order chi connectivity index (χ1) is 8.95. The number of carbonyl (C=O) groups is 2. The van der Waals surface area contributed by atoms with E-state index in [2.05, 4.69) is 12.2 Å². The number of carbonyl (C=O) groups excluding carboxylic acids is 1. The van der Waals surface area contributed by atoms with Gasteiger partial charge in [-0.25, -0.2) is 0 Å². The molecule has 1 heterocycles. The average molecular weight is 270 g/mol. The molecule has 1 fully saturated rings. The molecule has 0 spiro atoms. The molecule has 1 rings (SSSR count). The van der Waals surface area contributed by atoms with E-state index in [1.54, 1.807) is 4.90 Å². The molecule has 19 heavy (non-hydrogen) atoms. The Morgan fingerprint density at radius 3 is 2.63 bits per heavy atom. The predicted molar refractivity (Wildman–Crippen MR) is 73.9 cm³/mol. The highest BCUT2D eigenvalue weighted by atomic mass is 16.4. The van der Waals surface area contributed by atoms with Gasteiger partial charge in [0.1, 0.15) is 0 Å². The fourth-order valence-electron chi connectivity index (χ4n) is 2.59. The van der Waals surface area contributed by atoms with Crippen LogP contribution in [-0.4, -0.2) is 47.1 Å². The van der Waals surface area contributed by atoms with Crippen LogP contribution in [0.2, 0.25) is 0 Å².